The lowest BCUT2D eigenvalue weighted by Gasteiger charge is -2.08. The predicted molar refractivity (Wildman–Crippen MR) is 79.7 cm³/mol. The molecule has 0 aliphatic rings. The van der Waals surface area contributed by atoms with Crippen LogP contribution in [-0.2, 0) is 0 Å². The Balaban J connectivity index is 2.15. The first kappa shape index (κ1) is 14.0. The van der Waals surface area contributed by atoms with E-state index in [2.05, 4.69) is 25.7 Å². The lowest BCUT2D eigenvalue weighted by atomic mass is 10.1. The van der Waals surface area contributed by atoms with Crippen LogP contribution in [0, 0.1) is 6.92 Å². The zero-order chi connectivity index (χ0) is 15.0. The van der Waals surface area contributed by atoms with Gasteiger partial charge in [0.2, 0.25) is 0 Å². The van der Waals surface area contributed by atoms with Crippen molar-refractivity contribution in [1.29, 1.82) is 0 Å². The summed E-state index contributed by atoms with van der Waals surface area (Å²) in [7, 11) is 0. The molecule has 108 valence electrons. The highest BCUT2D eigenvalue weighted by molar-refractivity contribution is 9.10. The van der Waals surface area contributed by atoms with E-state index in [0.29, 0.717) is 11.3 Å². The van der Waals surface area contributed by atoms with Crippen molar-refractivity contribution in [3.8, 4) is 17.0 Å². The van der Waals surface area contributed by atoms with E-state index in [1.54, 1.807) is 24.4 Å². The van der Waals surface area contributed by atoms with Crippen molar-refractivity contribution in [1.82, 2.24) is 9.38 Å². The van der Waals surface area contributed by atoms with E-state index in [0.717, 1.165) is 15.7 Å². The summed E-state index contributed by atoms with van der Waals surface area (Å²) in [6.45, 7) is -0.919. The lowest BCUT2D eigenvalue weighted by molar-refractivity contribution is -0.0494. The van der Waals surface area contributed by atoms with Crippen LogP contribution in [0.2, 0.25) is 0 Å². The Hall–Kier alpha value is -1.95. The summed E-state index contributed by atoms with van der Waals surface area (Å²) in [4.78, 5) is 4.51. The monoisotopic (exact) mass is 352 g/mol. The molecule has 0 N–H and O–H groups in total. The number of hydrogen-bond acceptors (Lipinski definition) is 2. The number of alkyl halides is 2. The molecular formula is C15H11BrF2N2O. The molecule has 0 radical (unpaired) electrons. The number of benzene rings is 1. The minimum absolute atomic E-state index is 0.118. The summed E-state index contributed by atoms with van der Waals surface area (Å²) < 4.78 is 32.3. The van der Waals surface area contributed by atoms with Crippen LogP contribution in [-0.4, -0.2) is 16.0 Å². The van der Waals surface area contributed by atoms with Crippen LogP contribution < -0.4 is 4.74 Å². The molecule has 0 bridgehead atoms. The largest absolute Gasteiger partial charge is 0.434 e. The first-order valence-electron chi connectivity index (χ1n) is 6.23. The number of halogens is 3. The average molecular weight is 353 g/mol. The Morgan fingerprint density at radius 3 is 2.76 bits per heavy atom. The van der Waals surface area contributed by atoms with Crippen molar-refractivity contribution >= 4 is 21.6 Å². The molecule has 1 aromatic carbocycles. The Morgan fingerprint density at radius 1 is 1.24 bits per heavy atom. The molecule has 21 heavy (non-hydrogen) atoms. The molecule has 3 aromatic rings. The van der Waals surface area contributed by atoms with Crippen LogP contribution in [0.1, 0.15) is 5.56 Å². The van der Waals surface area contributed by atoms with Gasteiger partial charge in [0.05, 0.1) is 5.69 Å². The maximum atomic E-state index is 12.5. The maximum absolute atomic E-state index is 12.5. The molecule has 0 amide bonds. The van der Waals surface area contributed by atoms with Gasteiger partial charge in [-0.1, -0.05) is 12.1 Å². The molecule has 2 heterocycles. The normalized spacial score (nSPS) is 11.3. The molecule has 2 aromatic heterocycles. The number of rotatable bonds is 3. The van der Waals surface area contributed by atoms with Gasteiger partial charge in [0.15, 0.2) is 0 Å². The zero-order valence-electron chi connectivity index (χ0n) is 11.1. The molecule has 3 nitrogen and oxygen atoms in total. The SMILES string of the molecule is Cc1cc(Br)cn2cc(-c3ccccc3OC(F)F)nc12. The standard InChI is InChI=1S/C15H11BrF2N2O/c1-9-6-10(16)7-20-8-12(19-14(9)20)11-4-2-3-5-13(11)21-15(17)18/h2-8,15H,1H3. The number of pyridine rings is 1. The molecule has 0 aliphatic heterocycles. The van der Waals surface area contributed by atoms with Crippen molar-refractivity contribution in [3.05, 3.63) is 52.8 Å². The summed E-state index contributed by atoms with van der Waals surface area (Å²) in [5.41, 5.74) is 2.90. The maximum Gasteiger partial charge on any atom is 0.387 e. The minimum Gasteiger partial charge on any atom is -0.434 e. The third-order valence-electron chi connectivity index (χ3n) is 3.08. The van der Waals surface area contributed by atoms with Crippen LogP contribution in [0.3, 0.4) is 0 Å². The number of nitrogens with zero attached hydrogens (tertiary/aromatic N) is 2. The molecule has 0 atom stereocenters. The van der Waals surface area contributed by atoms with Gasteiger partial charge < -0.3 is 9.14 Å². The first-order valence-corrected chi connectivity index (χ1v) is 7.03. The summed E-state index contributed by atoms with van der Waals surface area (Å²) in [5, 5.41) is 0. The van der Waals surface area contributed by atoms with Crippen LogP contribution >= 0.6 is 15.9 Å². The molecule has 0 aliphatic carbocycles. The fourth-order valence-corrected chi connectivity index (χ4v) is 2.80. The second-order valence-corrected chi connectivity index (χ2v) is 5.49. The predicted octanol–water partition coefficient (Wildman–Crippen LogP) is 4.67. The molecule has 6 heteroatoms. The van der Waals surface area contributed by atoms with Crippen LogP contribution in [0.5, 0.6) is 5.75 Å². The number of hydrogen-bond donors (Lipinski definition) is 0. The van der Waals surface area contributed by atoms with E-state index in [1.165, 1.54) is 6.07 Å². The second-order valence-electron chi connectivity index (χ2n) is 4.57. The highest BCUT2D eigenvalue weighted by Gasteiger charge is 2.14. The topological polar surface area (TPSA) is 26.5 Å². The Bertz CT molecular complexity index is 801. The zero-order valence-corrected chi connectivity index (χ0v) is 12.6. The van der Waals surface area contributed by atoms with Gasteiger partial charge in [-0.2, -0.15) is 8.78 Å². The van der Waals surface area contributed by atoms with Crippen LogP contribution in [0.4, 0.5) is 8.78 Å². The number of fused-ring (bicyclic) bond motifs is 1. The van der Waals surface area contributed by atoms with Crippen molar-refractivity contribution in [3.63, 3.8) is 0 Å². The van der Waals surface area contributed by atoms with Gasteiger partial charge in [0, 0.05) is 22.4 Å². The average Bonchev–Trinajstić information content (AvgIpc) is 2.82. The van der Waals surface area contributed by atoms with Gasteiger partial charge >= 0.3 is 6.61 Å². The molecule has 0 saturated carbocycles. The van der Waals surface area contributed by atoms with Gasteiger partial charge in [-0.05, 0) is 46.6 Å². The van der Waals surface area contributed by atoms with E-state index < -0.39 is 6.61 Å². The van der Waals surface area contributed by atoms with Crippen molar-refractivity contribution < 1.29 is 13.5 Å². The number of aromatic nitrogens is 2. The molecule has 0 unspecified atom stereocenters. The van der Waals surface area contributed by atoms with Gasteiger partial charge in [-0.3, -0.25) is 0 Å². The highest BCUT2D eigenvalue weighted by Crippen LogP contribution is 2.31. The number of aryl methyl sites for hydroxylation is 1. The summed E-state index contributed by atoms with van der Waals surface area (Å²) in [6.07, 6.45) is 3.66. The van der Waals surface area contributed by atoms with E-state index in [1.807, 2.05) is 23.6 Å². The van der Waals surface area contributed by atoms with Crippen LogP contribution in [0.25, 0.3) is 16.9 Å². The third-order valence-corrected chi connectivity index (χ3v) is 3.51. The van der Waals surface area contributed by atoms with Crippen molar-refractivity contribution in [2.45, 2.75) is 13.5 Å². The summed E-state index contributed by atoms with van der Waals surface area (Å²) >= 11 is 3.42. The quantitative estimate of drug-likeness (QED) is 0.684. The summed E-state index contributed by atoms with van der Waals surface area (Å²) in [5.74, 6) is 0.118. The fourth-order valence-electron chi connectivity index (χ4n) is 2.23. The molecular weight excluding hydrogens is 342 g/mol. The van der Waals surface area contributed by atoms with Gasteiger partial charge in [0.25, 0.3) is 0 Å². The number of ether oxygens (including phenoxy) is 1. The molecule has 0 saturated heterocycles. The lowest BCUT2D eigenvalue weighted by Crippen LogP contribution is -2.03. The molecule has 0 spiro atoms. The minimum atomic E-state index is -2.86. The molecule has 0 fully saturated rings. The Kier molecular flexibility index (Phi) is 3.63. The Labute approximate surface area is 128 Å². The van der Waals surface area contributed by atoms with E-state index in [4.69, 9.17) is 0 Å². The smallest absolute Gasteiger partial charge is 0.387 e. The summed E-state index contributed by atoms with van der Waals surface area (Å²) in [6, 6.07) is 8.59. The van der Waals surface area contributed by atoms with Crippen molar-refractivity contribution in [2.24, 2.45) is 0 Å². The van der Waals surface area contributed by atoms with Gasteiger partial charge in [-0.15, -0.1) is 0 Å². The van der Waals surface area contributed by atoms with Gasteiger partial charge in [0.1, 0.15) is 11.4 Å². The van der Waals surface area contributed by atoms with Gasteiger partial charge in [-0.25, -0.2) is 4.98 Å². The highest BCUT2D eigenvalue weighted by atomic mass is 79.9. The van der Waals surface area contributed by atoms with E-state index >= 15 is 0 Å². The third kappa shape index (κ3) is 2.76. The number of imidazole rings is 1. The number of para-hydroxylation sites is 1. The molecule has 3 rings (SSSR count). The van der Waals surface area contributed by atoms with Crippen molar-refractivity contribution in [2.75, 3.05) is 0 Å². The van der Waals surface area contributed by atoms with E-state index in [9.17, 15) is 8.78 Å². The fraction of sp³-hybridized carbons (Fsp3) is 0.133. The Morgan fingerprint density at radius 2 is 2.00 bits per heavy atom. The van der Waals surface area contributed by atoms with Crippen LogP contribution in [0.15, 0.2) is 47.2 Å². The van der Waals surface area contributed by atoms with E-state index in [-0.39, 0.29) is 5.75 Å². The second kappa shape index (κ2) is 5.44. The first-order chi connectivity index (χ1) is 10.0.